The molecule has 3 atom stereocenters. The third kappa shape index (κ3) is 12.0. The molecule has 0 aliphatic carbocycles. The number of amides is 3. The minimum Gasteiger partial charge on any atom is -0.461 e. The quantitative estimate of drug-likeness (QED) is 0.254. The van der Waals surface area contributed by atoms with Gasteiger partial charge in [-0.1, -0.05) is 81.4 Å². The van der Waals surface area contributed by atoms with Gasteiger partial charge in [0.05, 0.1) is 12.5 Å². The van der Waals surface area contributed by atoms with Crippen molar-refractivity contribution in [3.63, 3.8) is 0 Å². The lowest BCUT2D eigenvalue weighted by molar-refractivity contribution is -0.145. The van der Waals surface area contributed by atoms with Crippen molar-refractivity contribution >= 4 is 23.9 Å². The molecule has 1 unspecified atom stereocenters. The predicted molar refractivity (Wildman–Crippen MR) is 145 cm³/mol. The molecule has 0 spiro atoms. The van der Waals surface area contributed by atoms with Crippen LogP contribution in [0.15, 0.2) is 60.7 Å². The molecule has 0 bridgehead atoms. The standard InChI is InChI=1S/C29H39N3O7/c1-4-23(26(34)28(36)30-16-15-25(33)38-18-21-11-7-5-8-12-21)31-27(35)24(17-20(2)3)32-29(37)39-19-22-13-9-6-10-14-22/h5-14,20,23-24,26,34H,4,15-19H2,1-3H3,(H,30,36)(H,31,35)(H,32,37)/t23-,24-,26?/m0/s1. The van der Waals surface area contributed by atoms with Crippen molar-refractivity contribution in [2.24, 2.45) is 5.92 Å². The molecule has 0 heterocycles. The molecule has 0 aromatic heterocycles. The largest absolute Gasteiger partial charge is 0.461 e. The Morgan fingerprint density at radius 1 is 0.821 bits per heavy atom. The van der Waals surface area contributed by atoms with Gasteiger partial charge in [-0.25, -0.2) is 4.79 Å². The van der Waals surface area contributed by atoms with Crippen molar-refractivity contribution < 1.29 is 33.8 Å². The molecule has 2 aromatic rings. The summed E-state index contributed by atoms with van der Waals surface area (Å²) in [7, 11) is 0. The molecule has 212 valence electrons. The first-order valence-corrected chi connectivity index (χ1v) is 13.1. The van der Waals surface area contributed by atoms with Gasteiger partial charge in [0.2, 0.25) is 5.91 Å². The Morgan fingerprint density at radius 2 is 1.38 bits per heavy atom. The highest BCUT2D eigenvalue weighted by Gasteiger charge is 2.30. The Kier molecular flexibility index (Phi) is 13.5. The lowest BCUT2D eigenvalue weighted by atomic mass is 10.0. The zero-order chi connectivity index (χ0) is 28.6. The van der Waals surface area contributed by atoms with E-state index in [0.29, 0.717) is 6.42 Å². The minimum atomic E-state index is -1.55. The van der Waals surface area contributed by atoms with Crippen LogP contribution in [0.4, 0.5) is 4.79 Å². The van der Waals surface area contributed by atoms with Crippen LogP contribution in [0.1, 0.15) is 51.2 Å². The van der Waals surface area contributed by atoms with Crippen molar-refractivity contribution in [2.45, 2.75) is 71.4 Å². The molecule has 39 heavy (non-hydrogen) atoms. The summed E-state index contributed by atoms with van der Waals surface area (Å²) in [6, 6.07) is 16.5. The normalized spacial score (nSPS) is 13.1. The van der Waals surface area contributed by atoms with E-state index < -0.39 is 42.1 Å². The molecule has 2 aromatic carbocycles. The van der Waals surface area contributed by atoms with Crippen molar-refractivity contribution in [1.82, 2.24) is 16.0 Å². The van der Waals surface area contributed by atoms with Gasteiger partial charge >= 0.3 is 12.1 Å². The Hall–Kier alpha value is -3.92. The number of esters is 1. The Bertz CT molecular complexity index is 1050. The lowest BCUT2D eigenvalue weighted by Crippen LogP contribution is -2.55. The van der Waals surface area contributed by atoms with E-state index in [1.54, 1.807) is 6.92 Å². The van der Waals surface area contributed by atoms with E-state index in [4.69, 9.17) is 9.47 Å². The molecule has 2 rings (SSSR count). The van der Waals surface area contributed by atoms with Crippen molar-refractivity contribution in [3.8, 4) is 0 Å². The van der Waals surface area contributed by atoms with E-state index in [9.17, 15) is 24.3 Å². The highest BCUT2D eigenvalue weighted by atomic mass is 16.5. The van der Waals surface area contributed by atoms with Crippen LogP contribution >= 0.6 is 0 Å². The molecule has 3 amide bonds. The first-order valence-electron chi connectivity index (χ1n) is 13.1. The maximum absolute atomic E-state index is 13.0. The van der Waals surface area contributed by atoms with Crippen LogP contribution in [0.3, 0.4) is 0 Å². The van der Waals surface area contributed by atoms with E-state index >= 15 is 0 Å². The second-order valence-electron chi connectivity index (χ2n) is 9.54. The van der Waals surface area contributed by atoms with E-state index in [0.717, 1.165) is 11.1 Å². The van der Waals surface area contributed by atoms with Crippen molar-refractivity contribution in [3.05, 3.63) is 71.8 Å². The number of nitrogens with one attached hydrogen (secondary N) is 3. The molecule has 10 nitrogen and oxygen atoms in total. The van der Waals surface area contributed by atoms with Gasteiger partial charge in [0.1, 0.15) is 19.3 Å². The molecule has 10 heteroatoms. The van der Waals surface area contributed by atoms with Gasteiger partial charge in [-0.3, -0.25) is 14.4 Å². The molecule has 0 radical (unpaired) electrons. The van der Waals surface area contributed by atoms with Crippen LogP contribution in [0.2, 0.25) is 0 Å². The van der Waals surface area contributed by atoms with Crippen LogP contribution in [0.25, 0.3) is 0 Å². The molecular weight excluding hydrogens is 502 g/mol. The van der Waals surface area contributed by atoms with E-state index in [1.165, 1.54) is 0 Å². The summed E-state index contributed by atoms with van der Waals surface area (Å²) < 4.78 is 10.4. The Morgan fingerprint density at radius 3 is 1.92 bits per heavy atom. The first kappa shape index (κ1) is 31.3. The number of rotatable bonds is 15. The molecule has 4 N–H and O–H groups in total. The molecular formula is C29H39N3O7. The molecule has 0 saturated carbocycles. The predicted octanol–water partition coefficient (Wildman–Crippen LogP) is 2.83. The van der Waals surface area contributed by atoms with Gasteiger partial charge in [-0.2, -0.15) is 0 Å². The number of alkyl carbamates (subject to hydrolysis) is 1. The summed E-state index contributed by atoms with van der Waals surface area (Å²) in [6.07, 6.45) is -1.78. The lowest BCUT2D eigenvalue weighted by Gasteiger charge is -2.26. The average Bonchev–Trinajstić information content (AvgIpc) is 2.93. The molecule has 0 aliphatic rings. The zero-order valence-corrected chi connectivity index (χ0v) is 22.7. The van der Waals surface area contributed by atoms with Crippen LogP contribution in [0, 0.1) is 5.92 Å². The number of hydrogen-bond acceptors (Lipinski definition) is 7. The van der Waals surface area contributed by atoms with Crippen LogP contribution in [-0.2, 0) is 37.1 Å². The summed E-state index contributed by atoms with van der Waals surface area (Å²) in [5.74, 6) is -1.68. The second kappa shape index (κ2) is 16.8. The molecule has 0 saturated heterocycles. The summed E-state index contributed by atoms with van der Waals surface area (Å²) in [5, 5.41) is 18.3. The van der Waals surface area contributed by atoms with Gasteiger partial charge in [-0.15, -0.1) is 0 Å². The van der Waals surface area contributed by atoms with Crippen molar-refractivity contribution in [2.75, 3.05) is 6.54 Å². The van der Waals surface area contributed by atoms with E-state index in [2.05, 4.69) is 16.0 Å². The molecule has 0 fully saturated rings. The average molecular weight is 542 g/mol. The summed E-state index contributed by atoms with van der Waals surface area (Å²) in [6.45, 7) is 5.67. The monoisotopic (exact) mass is 541 g/mol. The van der Waals surface area contributed by atoms with Gasteiger partial charge in [0.25, 0.3) is 5.91 Å². The second-order valence-corrected chi connectivity index (χ2v) is 9.54. The Labute approximate surface area is 229 Å². The number of benzene rings is 2. The van der Waals surface area contributed by atoms with Gasteiger partial charge < -0.3 is 30.5 Å². The van der Waals surface area contributed by atoms with Gasteiger partial charge in [0.15, 0.2) is 6.10 Å². The highest BCUT2D eigenvalue weighted by molar-refractivity contribution is 5.87. The fourth-order valence-electron chi connectivity index (χ4n) is 3.68. The number of aliphatic hydroxyl groups excluding tert-OH is 1. The van der Waals surface area contributed by atoms with Crippen molar-refractivity contribution in [1.29, 1.82) is 0 Å². The number of carbonyl (C=O) groups is 4. The number of carbonyl (C=O) groups excluding carboxylic acids is 4. The maximum atomic E-state index is 13.0. The third-order valence-electron chi connectivity index (χ3n) is 5.82. The summed E-state index contributed by atoms with van der Waals surface area (Å²) in [4.78, 5) is 49.8. The number of aliphatic hydroxyl groups is 1. The topological polar surface area (TPSA) is 143 Å². The fourth-order valence-corrected chi connectivity index (χ4v) is 3.68. The first-order chi connectivity index (χ1) is 18.7. The summed E-state index contributed by atoms with van der Waals surface area (Å²) >= 11 is 0. The minimum absolute atomic E-state index is 0.0291. The van der Waals surface area contributed by atoms with Gasteiger partial charge in [0, 0.05) is 6.54 Å². The third-order valence-corrected chi connectivity index (χ3v) is 5.82. The van der Waals surface area contributed by atoms with Crippen LogP contribution in [0.5, 0.6) is 0 Å². The zero-order valence-electron chi connectivity index (χ0n) is 22.7. The van der Waals surface area contributed by atoms with Gasteiger partial charge in [-0.05, 0) is 29.9 Å². The number of hydrogen-bond donors (Lipinski definition) is 4. The molecule has 0 aliphatic heterocycles. The fraction of sp³-hybridized carbons (Fsp3) is 0.448. The smallest absolute Gasteiger partial charge is 0.408 e. The van der Waals surface area contributed by atoms with Crippen LogP contribution in [-0.4, -0.2) is 53.7 Å². The highest BCUT2D eigenvalue weighted by Crippen LogP contribution is 2.09. The van der Waals surface area contributed by atoms with E-state index in [-0.39, 0.29) is 38.5 Å². The SMILES string of the molecule is CC[C@H](NC(=O)[C@H](CC(C)C)NC(=O)OCc1ccccc1)C(O)C(=O)NCCC(=O)OCc1ccccc1. The summed E-state index contributed by atoms with van der Waals surface area (Å²) in [5.41, 5.74) is 1.66. The maximum Gasteiger partial charge on any atom is 0.408 e. The number of ether oxygens (including phenoxy) is 2. The van der Waals surface area contributed by atoms with E-state index in [1.807, 2.05) is 74.5 Å². The van der Waals surface area contributed by atoms with Crippen LogP contribution < -0.4 is 16.0 Å². The Balaban J connectivity index is 1.82.